The van der Waals surface area contributed by atoms with Crippen LogP contribution in [0.4, 0.5) is 0 Å². The van der Waals surface area contributed by atoms with E-state index in [0.29, 0.717) is 11.1 Å². The van der Waals surface area contributed by atoms with E-state index in [1.165, 1.54) is 0 Å². The number of carbonyl (C=O) groups is 1. The Morgan fingerprint density at radius 2 is 1.62 bits per heavy atom. The third kappa shape index (κ3) is 2.90. The van der Waals surface area contributed by atoms with Crippen molar-refractivity contribution < 1.29 is 4.79 Å². The highest BCUT2D eigenvalue weighted by atomic mass is 16.1. The van der Waals surface area contributed by atoms with Gasteiger partial charge in [-0.2, -0.15) is 0 Å². The van der Waals surface area contributed by atoms with E-state index in [1.807, 2.05) is 73.7 Å². The number of carbonyl (C=O) groups excluding carboxylic acids is 1. The summed E-state index contributed by atoms with van der Waals surface area (Å²) in [6.45, 7) is 1.99. The van der Waals surface area contributed by atoms with Gasteiger partial charge in [0, 0.05) is 22.9 Å². The van der Waals surface area contributed by atoms with Crippen molar-refractivity contribution >= 4 is 5.78 Å². The lowest BCUT2D eigenvalue weighted by Crippen LogP contribution is -2.01. The first-order chi connectivity index (χ1) is 10.2. The molecule has 2 nitrogen and oxygen atoms in total. The molecular formula is C19H15NO. The van der Waals surface area contributed by atoms with E-state index < -0.39 is 0 Å². The van der Waals surface area contributed by atoms with Crippen LogP contribution < -0.4 is 0 Å². The summed E-state index contributed by atoms with van der Waals surface area (Å²) in [7, 11) is 0. The first-order valence-corrected chi connectivity index (χ1v) is 6.87. The third-order valence-corrected chi connectivity index (χ3v) is 3.37. The normalized spacial score (nSPS) is 10.3. The predicted molar refractivity (Wildman–Crippen MR) is 84.3 cm³/mol. The smallest absolute Gasteiger partial charge is 0.193 e. The van der Waals surface area contributed by atoms with Crippen molar-refractivity contribution in [2.75, 3.05) is 0 Å². The fourth-order valence-electron chi connectivity index (χ4n) is 2.31. The molecule has 0 unspecified atom stereocenters. The van der Waals surface area contributed by atoms with Crippen LogP contribution in [0.1, 0.15) is 21.5 Å². The van der Waals surface area contributed by atoms with Crippen molar-refractivity contribution in [2.24, 2.45) is 0 Å². The van der Waals surface area contributed by atoms with Gasteiger partial charge in [0.15, 0.2) is 5.78 Å². The zero-order valence-corrected chi connectivity index (χ0v) is 11.8. The monoisotopic (exact) mass is 273 g/mol. The van der Waals surface area contributed by atoms with Crippen LogP contribution in [0.3, 0.4) is 0 Å². The second-order valence-electron chi connectivity index (χ2n) is 4.99. The summed E-state index contributed by atoms with van der Waals surface area (Å²) in [4.78, 5) is 16.9. The molecule has 0 saturated carbocycles. The number of ketones is 1. The first kappa shape index (κ1) is 13.3. The van der Waals surface area contributed by atoms with Crippen LogP contribution >= 0.6 is 0 Å². The number of hydrogen-bond acceptors (Lipinski definition) is 2. The van der Waals surface area contributed by atoms with Crippen LogP contribution in [-0.2, 0) is 0 Å². The SMILES string of the molecule is Cc1cccc(C(=O)c2cccc(-c3ccccn3)c2)c1. The minimum absolute atomic E-state index is 0.0384. The van der Waals surface area contributed by atoms with Crippen LogP contribution in [0.2, 0.25) is 0 Å². The lowest BCUT2D eigenvalue weighted by molar-refractivity contribution is 0.103. The predicted octanol–water partition coefficient (Wildman–Crippen LogP) is 4.29. The summed E-state index contributed by atoms with van der Waals surface area (Å²) in [5, 5.41) is 0. The molecule has 0 radical (unpaired) electrons. The molecule has 3 rings (SSSR count). The van der Waals surface area contributed by atoms with Crippen molar-refractivity contribution in [1.82, 2.24) is 4.98 Å². The fourth-order valence-corrected chi connectivity index (χ4v) is 2.31. The van der Waals surface area contributed by atoms with E-state index in [2.05, 4.69) is 4.98 Å². The summed E-state index contributed by atoms with van der Waals surface area (Å²) in [6, 6.07) is 21.0. The van der Waals surface area contributed by atoms with Gasteiger partial charge >= 0.3 is 0 Å². The number of benzene rings is 2. The number of rotatable bonds is 3. The molecular weight excluding hydrogens is 258 g/mol. The molecule has 2 heteroatoms. The second-order valence-corrected chi connectivity index (χ2v) is 4.99. The highest BCUT2D eigenvalue weighted by Crippen LogP contribution is 2.20. The molecule has 0 saturated heterocycles. The zero-order valence-electron chi connectivity index (χ0n) is 11.8. The van der Waals surface area contributed by atoms with Crippen molar-refractivity contribution in [3.05, 3.63) is 89.6 Å². The minimum atomic E-state index is 0.0384. The maximum Gasteiger partial charge on any atom is 0.193 e. The Balaban J connectivity index is 1.98. The van der Waals surface area contributed by atoms with Gasteiger partial charge < -0.3 is 0 Å². The van der Waals surface area contributed by atoms with Gasteiger partial charge in [0.1, 0.15) is 0 Å². The largest absolute Gasteiger partial charge is 0.289 e. The van der Waals surface area contributed by atoms with E-state index in [1.54, 1.807) is 6.20 Å². The summed E-state index contributed by atoms with van der Waals surface area (Å²) in [5.74, 6) is 0.0384. The molecule has 0 aliphatic carbocycles. The van der Waals surface area contributed by atoms with Crippen LogP contribution in [0.25, 0.3) is 11.3 Å². The van der Waals surface area contributed by atoms with Crippen molar-refractivity contribution in [3.63, 3.8) is 0 Å². The number of pyridine rings is 1. The van der Waals surface area contributed by atoms with Crippen molar-refractivity contribution in [1.29, 1.82) is 0 Å². The molecule has 0 bridgehead atoms. The lowest BCUT2D eigenvalue weighted by atomic mass is 9.99. The van der Waals surface area contributed by atoms with Crippen LogP contribution in [-0.4, -0.2) is 10.8 Å². The van der Waals surface area contributed by atoms with Gasteiger partial charge in [-0.3, -0.25) is 9.78 Å². The van der Waals surface area contributed by atoms with E-state index in [9.17, 15) is 4.79 Å². The van der Waals surface area contributed by atoms with Gasteiger partial charge in [0.2, 0.25) is 0 Å². The topological polar surface area (TPSA) is 30.0 Å². The fraction of sp³-hybridized carbons (Fsp3) is 0.0526. The molecule has 102 valence electrons. The number of aryl methyl sites for hydroxylation is 1. The van der Waals surface area contributed by atoms with Gasteiger partial charge in [0.25, 0.3) is 0 Å². The Hall–Kier alpha value is -2.74. The third-order valence-electron chi connectivity index (χ3n) is 3.37. The van der Waals surface area contributed by atoms with E-state index in [0.717, 1.165) is 16.8 Å². The molecule has 3 aromatic rings. The number of hydrogen-bond donors (Lipinski definition) is 0. The maximum absolute atomic E-state index is 12.6. The van der Waals surface area contributed by atoms with Crippen molar-refractivity contribution in [3.8, 4) is 11.3 Å². The highest BCUT2D eigenvalue weighted by Gasteiger charge is 2.10. The average molecular weight is 273 g/mol. The average Bonchev–Trinajstić information content (AvgIpc) is 2.55. The minimum Gasteiger partial charge on any atom is -0.289 e. The summed E-state index contributed by atoms with van der Waals surface area (Å²) < 4.78 is 0. The first-order valence-electron chi connectivity index (χ1n) is 6.87. The molecule has 0 N–H and O–H groups in total. The highest BCUT2D eigenvalue weighted by molar-refractivity contribution is 6.09. The Kier molecular flexibility index (Phi) is 3.61. The van der Waals surface area contributed by atoms with Crippen LogP contribution in [0, 0.1) is 6.92 Å². The van der Waals surface area contributed by atoms with Gasteiger partial charge in [-0.15, -0.1) is 0 Å². The van der Waals surface area contributed by atoms with Crippen molar-refractivity contribution in [2.45, 2.75) is 6.92 Å². The van der Waals surface area contributed by atoms with E-state index in [4.69, 9.17) is 0 Å². The van der Waals surface area contributed by atoms with Gasteiger partial charge in [0.05, 0.1) is 5.69 Å². The van der Waals surface area contributed by atoms with Crippen LogP contribution in [0.15, 0.2) is 72.9 Å². The second kappa shape index (κ2) is 5.71. The number of aromatic nitrogens is 1. The molecule has 0 atom stereocenters. The molecule has 21 heavy (non-hydrogen) atoms. The van der Waals surface area contributed by atoms with E-state index >= 15 is 0 Å². The van der Waals surface area contributed by atoms with Gasteiger partial charge in [-0.1, -0.05) is 48.0 Å². The zero-order chi connectivity index (χ0) is 14.7. The molecule has 1 aromatic heterocycles. The van der Waals surface area contributed by atoms with E-state index in [-0.39, 0.29) is 5.78 Å². The quantitative estimate of drug-likeness (QED) is 0.666. The Bertz CT molecular complexity index is 778. The van der Waals surface area contributed by atoms with Crippen LogP contribution in [0.5, 0.6) is 0 Å². The molecule has 2 aromatic carbocycles. The molecule has 0 spiro atoms. The number of nitrogens with zero attached hydrogens (tertiary/aromatic N) is 1. The molecule has 0 aliphatic heterocycles. The Labute approximate surface area is 124 Å². The molecule has 1 heterocycles. The standard InChI is InChI=1S/C19H15NO/c1-14-6-4-8-16(12-14)19(21)17-9-5-7-15(13-17)18-10-2-3-11-20-18/h2-13H,1H3. The van der Waals surface area contributed by atoms with Gasteiger partial charge in [-0.05, 0) is 31.2 Å². The summed E-state index contributed by atoms with van der Waals surface area (Å²) >= 11 is 0. The Morgan fingerprint density at radius 1 is 0.857 bits per heavy atom. The maximum atomic E-state index is 12.6. The Morgan fingerprint density at radius 3 is 2.33 bits per heavy atom. The lowest BCUT2D eigenvalue weighted by Gasteiger charge is -2.05. The summed E-state index contributed by atoms with van der Waals surface area (Å²) in [5.41, 5.74) is 4.31. The molecule has 0 fully saturated rings. The van der Waals surface area contributed by atoms with Gasteiger partial charge in [-0.25, -0.2) is 0 Å². The summed E-state index contributed by atoms with van der Waals surface area (Å²) in [6.07, 6.45) is 1.75. The molecule has 0 aliphatic rings. The molecule has 0 amide bonds.